The van der Waals surface area contributed by atoms with Gasteiger partial charge in [-0.05, 0) is 23.8 Å². The van der Waals surface area contributed by atoms with E-state index in [0.29, 0.717) is 17.1 Å². The maximum absolute atomic E-state index is 12.0. The lowest BCUT2D eigenvalue weighted by Gasteiger charge is -2.11. The Labute approximate surface area is 116 Å². The maximum atomic E-state index is 12.0. The van der Waals surface area contributed by atoms with Crippen LogP contribution in [0.1, 0.15) is 5.56 Å². The first-order chi connectivity index (χ1) is 9.62. The van der Waals surface area contributed by atoms with Crippen LogP contribution < -0.4 is 15.0 Å². The highest BCUT2D eigenvalue weighted by atomic mass is 16.5. The Morgan fingerprint density at radius 2 is 1.85 bits per heavy atom. The molecule has 0 spiro atoms. The lowest BCUT2D eigenvalue weighted by molar-refractivity contribution is 0.355. The summed E-state index contributed by atoms with van der Waals surface area (Å²) >= 11 is 0. The molecule has 2 rings (SSSR count). The number of pyridine rings is 1. The molecule has 0 saturated carbocycles. The third kappa shape index (κ3) is 2.24. The Balaban J connectivity index is 2.67. The summed E-state index contributed by atoms with van der Waals surface area (Å²) in [7, 11) is 4.70. The zero-order valence-electron chi connectivity index (χ0n) is 11.5. The number of benzene rings is 1. The molecule has 0 amide bonds. The molecular weight excluding hydrogens is 256 g/mol. The van der Waals surface area contributed by atoms with Gasteiger partial charge in [0.25, 0.3) is 5.56 Å². The fourth-order valence-electron chi connectivity index (χ4n) is 1.98. The molecule has 5 nitrogen and oxygen atoms in total. The van der Waals surface area contributed by atoms with Crippen molar-refractivity contribution in [3.05, 3.63) is 46.4 Å². The minimum atomic E-state index is -0.320. The number of aromatic nitrogens is 1. The molecule has 1 aromatic carbocycles. The van der Waals surface area contributed by atoms with Gasteiger partial charge in [0.1, 0.15) is 11.6 Å². The first-order valence-electron chi connectivity index (χ1n) is 5.94. The van der Waals surface area contributed by atoms with Crippen LogP contribution in [0.5, 0.6) is 11.5 Å². The summed E-state index contributed by atoms with van der Waals surface area (Å²) in [5.74, 6) is 1.15. The normalized spacial score (nSPS) is 9.90. The van der Waals surface area contributed by atoms with Gasteiger partial charge in [-0.15, -0.1) is 0 Å². The van der Waals surface area contributed by atoms with Crippen LogP contribution in [0.4, 0.5) is 0 Å². The molecule has 0 unspecified atom stereocenters. The monoisotopic (exact) mass is 270 g/mol. The summed E-state index contributed by atoms with van der Waals surface area (Å²) in [4.78, 5) is 12.0. The van der Waals surface area contributed by atoms with Crippen molar-refractivity contribution in [3.8, 4) is 28.7 Å². The van der Waals surface area contributed by atoms with Crippen LogP contribution in [0, 0.1) is 11.3 Å². The average Bonchev–Trinajstić information content (AvgIpc) is 2.49. The van der Waals surface area contributed by atoms with E-state index in [1.165, 1.54) is 11.7 Å². The molecule has 0 aliphatic carbocycles. The molecule has 0 aliphatic rings. The molecule has 5 heteroatoms. The smallest absolute Gasteiger partial charge is 0.268 e. The molecular formula is C15H14N2O3. The van der Waals surface area contributed by atoms with Crippen molar-refractivity contribution < 1.29 is 9.47 Å². The Hall–Kier alpha value is -2.74. The van der Waals surface area contributed by atoms with Gasteiger partial charge in [0.2, 0.25) is 0 Å². The maximum Gasteiger partial charge on any atom is 0.268 e. The summed E-state index contributed by atoms with van der Waals surface area (Å²) in [5, 5.41) is 9.19. The largest absolute Gasteiger partial charge is 0.493 e. The second-order valence-corrected chi connectivity index (χ2v) is 4.20. The Kier molecular flexibility index (Phi) is 3.76. The predicted octanol–water partition coefficient (Wildman–Crippen LogP) is 1.94. The van der Waals surface area contributed by atoms with Crippen molar-refractivity contribution in [2.75, 3.05) is 14.2 Å². The fourth-order valence-corrected chi connectivity index (χ4v) is 1.98. The van der Waals surface area contributed by atoms with Crippen LogP contribution in [0.15, 0.2) is 35.3 Å². The Morgan fingerprint density at radius 3 is 2.45 bits per heavy atom. The minimum absolute atomic E-state index is 0.113. The van der Waals surface area contributed by atoms with Gasteiger partial charge < -0.3 is 14.0 Å². The van der Waals surface area contributed by atoms with Gasteiger partial charge in [-0.3, -0.25) is 4.79 Å². The zero-order chi connectivity index (χ0) is 14.7. The molecule has 102 valence electrons. The van der Waals surface area contributed by atoms with Crippen LogP contribution in [0.2, 0.25) is 0 Å². The fraction of sp³-hybridized carbons (Fsp3) is 0.200. The van der Waals surface area contributed by atoms with Crippen LogP contribution in [-0.4, -0.2) is 18.8 Å². The molecule has 20 heavy (non-hydrogen) atoms. The molecule has 1 heterocycles. The molecule has 0 bridgehead atoms. The van der Waals surface area contributed by atoms with Crippen molar-refractivity contribution in [2.45, 2.75) is 0 Å². The number of aryl methyl sites for hydroxylation is 1. The van der Waals surface area contributed by atoms with Crippen LogP contribution in [0.25, 0.3) is 11.1 Å². The summed E-state index contributed by atoms with van der Waals surface area (Å²) in [6, 6.07) is 8.98. The standard InChI is InChI=1S/C15H14N2O3/c1-17-7-6-11(12(9-16)15(17)18)10-4-5-13(19-2)14(8-10)20-3/h4-8H,1-3H3. The first kappa shape index (κ1) is 13.7. The van der Waals surface area contributed by atoms with E-state index in [1.807, 2.05) is 6.07 Å². The third-order valence-electron chi connectivity index (χ3n) is 3.07. The van der Waals surface area contributed by atoms with Gasteiger partial charge in [0.05, 0.1) is 14.2 Å². The van der Waals surface area contributed by atoms with Crippen LogP contribution >= 0.6 is 0 Å². The van der Waals surface area contributed by atoms with E-state index >= 15 is 0 Å². The number of ether oxygens (including phenoxy) is 2. The van der Waals surface area contributed by atoms with Gasteiger partial charge in [0, 0.05) is 18.8 Å². The van der Waals surface area contributed by atoms with Crippen molar-refractivity contribution >= 4 is 0 Å². The van der Waals surface area contributed by atoms with Gasteiger partial charge in [0.15, 0.2) is 11.5 Å². The van der Waals surface area contributed by atoms with Gasteiger partial charge >= 0.3 is 0 Å². The topological polar surface area (TPSA) is 64.2 Å². The number of nitrogens with zero attached hydrogens (tertiary/aromatic N) is 2. The van der Waals surface area contributed by atoms with E-state index in [1.54, 1.807) is 44.6 Å². The highest BCUT2D eigenvalue weighted by Crippen LogP contribution is 2.32. The van der Waals surface area contributed by atoms with E-state index in [-0.39, 0.29) is 11.1 Å². The highest BCUT2D eigenvalue weighted by molar-refractivity contribution is 5.72. The Bertz CT molecular complexity index is 742. The second kappa shape index (κ2) is 5.49. The second-order valence-electron chi connectivity index (χ2n) is 4.20. The number of hydrogen-bond donors (Lipinski definition) is 0. The van der Waals surface area contributed by atoms with E-state index in [9.17, 15) is 10.1 Å². The summed E-state index contributed by atoms with van der Waals surface area (Å²) in [5.41, 5.74) is 1.11. The summed E-state index contributed by atoms with van der Waals surface area (Å²) < 4.78 is 11.8. The van der Waals surface area contributed by atoms with E-state index < -0.39 is 0 Å². The number of methoxy groups -OCH3 is 2. The third-order valence-corrected chi connectivity index (χ3v) is 3.07. The molecule has 2 aromatic rings. The molecule has 0 saturated heterocycles. The van der Waals surface area contributed by atoms with Crippen molar-refractivity contribution in [1.29, 1.82) is 5.26 Å². The summed E-state index contributed by atoms with van der Waals surface area (Å²) in [6.45, 7) is 0. The highest BCUT2D eigenvalue weighted by Gasteiger charge is 2.12. The van der Waals surface area contributed by atoms with E-state index in [0.717, 1.165) is 5.56 Å². The van der Waals surface area contributed by atoms with Crippen molar-refractivity contribution in [2.24, 2.45) is 7.05 Å². The SMILES string of the molecule is COc1ccc(-c2ccn(C)c(=O)c2C#N)cc1OC. The van der Waals surface area contributed by atoms with Crippen molar-refractivity contribution in [1.82, 2.24) is 4.57 Å². The molecule has 0 aliphatic heterocycles. The molecule has 0 atom stereocenters. The van der Waals surface area contributed by atoms with Gasteiger partial charge in [-0.1, -0.05) is 6.07 Å². The zero-order valence-corrected chi connectivity index (χ0v) is 11.5. The minimum Gasteiger partial charge on any atom is -0.493 e. The number of hydrogen-bond acceptors (Lipinski definition) is 4. The Morgan fingerprint density at radius 1 is 1.15 bits per heavy atom. The van der Waals surface area contributed by atoms with Gasteiger partial charge in [-0.25, -0.2) is 0 Å². The van der Waals surface area contributed by atoms with Crippen molar-refractivity contribution in [3.63, 3.8) is 0 Å². The van der Waals surface area contributed by atoms with Gasteiger partial charge in [-0.2, -0.15) is 5.26 Å². The lowest BCUT2D eigenvalue weighted by Crippen LogP contribution is -2.19. The molecule has 1 aromatic heterocycles. The van der Waals surface area contributed by atoms with E-state index in [4.69, 9.17) is 9.47 Å². The lowest BCUT2D eigenvalue weighted by atomic mass is 10.0. The molecule has 0 fully saturated rings. The molecule has 0 N–H and O–H groups in total. The van der Waals surface area contributed by atoms with Crippen LogP contribution in [0.3, 0.4) is 0 Å². The van der Waals surface area contributed by atoms with Crippen LogP contribution in [-0.2, 0) is 7.05 Å². The first-order valence-corrected chi connectivity index (χ1v) is 5.94. The summed E-state index contributed by atoms with van der Waals surface area (Å²) in [6.07, 6.45) is 1.63. The molecule has 0 radical (unpaired) electrons. The predicted molar refractivity (Wildman–Crippen MR) is 74.9 cm³/mol. The van der Waals surface area contributed by atoms with E-state index in [2.05, 4.69) is 0 Å². The number of nitriles is 1. The quantitative estimate of drug-likeness (QED) is 0.855. The number of rotatable bonds is 3. The average molecular weight is 270 g/mol.